The molecule has 3 aliphatic rings. The summed E-state index contributed by atoms with van der Waals surface area (Å²) in [7, 11) is 0. The molecule has 1 aliphatic carbocycles. The number of aliphatic imine (C=N–C) groups is 1. The molecule has 1 aromatic rings. The molecule has 6 nitrogen and oxygen atoms in total. The maximum Gasteiger partial charge on any atom is 0.251 e. The Morgan fingerprint density at radius 1 is 1.19 bits per heavy atom. The van der Waals surface area contributed by atoms with Gasteiger partial charge in [-0.3, -0.25) is 19.9 Å². The molecule has 3 unspecified atom stereocenters. The van der Waals surface area contributed by atoms with Crippen LogP contribution in [0.5, 0.6) is 0 Å². The number of benzene rings is 1. The van der Waals surface area contributed by atoms with Crippen molar-refractivity contribution in [2.45, 2.75) is 44.9 Å². The Labute approximate surface area is 167 Å². The number of allylic oxidation sites excluding steroid dienone is 1. The van der Waals surface area contributed by atoms with Crippen LogP contribution >= 0.6 is 23.2 Å². The number of carbonyl (C=O) groups excluding carboxylic acids is 2. The van der Waals surface area contributed by atoms with E-state index >= 15 is 0 Å². The molecule has 1 aromatic carbocycles. The highest BCUT2D eigenvalue weighted by atomic mass is 35.5. The highest BCUT2D eigenvalue weighted by Crippen LogP contribution is 2.43. The van der Waals surface area contributed by atoms with Gasteiger partial charge in [0.15, 0.2) is 5.78 Å². The molecule has 0 aromatic heterocycles. The molecule has 0 spiro atoms. The van der Waals surface area contributed by atoms with Crippen LogP contribution in [0.25, 0.3) is 0 Å². The van der Waals surface area contributed by atoms with Crippen molar-refractivity contribution in [1.29, 1.82) is 0 Å². The summed E-state index contributed by atoms with van der Waals surface area (Å²) in [6.45, 7) is 4.10. The number of fused-ring (bicyclic) bond motifs is 1. The monoisotopic (exact) mass is 406 g/mol. The van der Waals surface area contributed by atoms with Crippen molar-refractivity contribution in [3.63, 3.8) is 0 Å². The zero-order valence-corrected chi connectivity index (χ0v) is 16.5. The van der Waals surface area contributed by atoms with E-state index in [1.165, 1.54) is 6.34 Å². The van der Waals surface area contributed by atoms with E-state index in [-0.39, 0.29) is 17.1 Å². The van der Waals surface area contributed by atoms with Crippen molar-refractivity contribution in [3.8, 4) is 0 Å². The number of rotatable bonds is 1. The lowest BCUT2D eigenvalue weighted by Crippen LogP contribution is -2.57. The Morgan fingerprint density at radius 2 is 1.96 bits per heavy atom. The van der Waals surface area contributed by atoms with Crippen LogP contribution in [0.2, 0.25) is 10.0 Å². The summed E-state index contributed by atoms with van der Waals surface area (Å²) in [5.41, 5.74) is 1.95. The molecule has 4 rings (SSSR count). The van der Waals surface area contributed by atoms with Gasteiger partial charge in [-0.1, -0.05) is 43.1 Å². The third-order valence-electron chi connectivity index (χ3n) is 5.19. The zero-order chi connectivity index (χ0) is 19.3. The van der Waals surface area contributed by atoms with Crippen molar-refractivity contribution in [1.82, 2.24) is 16.0 Å². The van der Waals surface area contributed by atoms with Crippen molar-refractivity contribution >= 4 is 41.2 Å². The Morgan fingerprint density at radius 3 is 2.70 bits per heavy atom. The number of Topliss-reactive ketones (excluding diaryl/α,β-unsaturated/α-hetero) is 1. The summed E-state index contributed by atoms with van der Waals surface area (Å²) in [4.78, 5) is 29.9. The largest absolute Gasteiger partial charge is 0.374 e. The van der Waals surface area contributed by atoms with E-state index in [0.29, 0.717) is 28.5 Å². The van der Waals surface area contributed by atoms with Gasteiger partial charge in [0.25, 0.3) is 5.91 Å². The molecule has 1 amide bonds. The van der Waals surface area contributed by atoms with Gasteiger partial charge in [0, 0.05) is 27.7 Å². The third kappa shape index (κ3) is 3.37. The average molecular weight is 407 g/mol. The number of nitrogens with zero attached hydrogens (tertiary/aromatic N) is 1. The topological polar surface area (TPSA) is 82.6 Å². The summed E-state index contributed by atoms with van der Waals surface area (Å²) < 4.78 is 0. The second kappa shape index (κ2) is 6.62. The number of nitrogens with one attached hydrogen (secondary N) is 3. The van der Waals surface area contributed by atoms with Crippen LogP contribution in [-0.2, 0) is 9.59 Å². The number of halogens is 2. The van der Waals surface area contributed by atoms with E-state index in [1.807, 2.05) is 6.07 Å². The van der Waals surface area contributed by atoms with E-state index in [1.54, 1.807) is 12.1 Å². The van der Waals surface area contributed by atoms with E-state index in [9.17, 15) is 9.59 Å². The van der Waals surface area contributed by atoms with Crippen molar-refractivity contribution in [2.24, 2.45) is 10.4 Å². The molecule has 142 valence electrons. The second-order valence-corrected chi connectivity index (χ2v) is 8.80. The first kappa shape index (κ1) is 18.5. The number of amides is 1. The number of hydrogen-bond acceptors (Lipinski definition) is 5. The molecule has 8 heteroatoms. The lowest BCUT2D eigenvalue weighted by molar-refractivity contribution is -0.122. The summed E-state index contributed by atoms with van der Waals surface area (Å²) in [5, 5.41) is 10.3. The molecule has 0 saturated heterocycles. The average Bonchev–Trinajstić information content (AvgIpc) is 2.71. The van der Waals surface area contributed by atoms with Gasteiger partial charge in [-0.15, -0.1) is 0 Å². The molecule has 0 radical (unpaired) electrons. The number of ketones is 1. The van der Waals surface area contributed by atoms with Crippen LogP contribution in [0.4, 0.5) is 0 Å². The summed E-state index contributed by atoms with van der Waals surface area (Å²) >= 11 is 12.5. The van der Waals surface area contributed by atoms with E-state index in [0.717, 1.165) is 11.3 Å². The SMILES string of the molecule is CC1(C)CC(=O)C2=C(C1)NC1C(=O)NC=NC1NC2c1ccc(Cl)cc1Cl. The van der Waals surface area contributed by atoms with Crippen LogP contribution in [0, 0.1) is 5.41 Å². The third-order valence-corrected chi connectivity index (χ3v) is 5.75. The van der Waals surface area contributed by atoms with Crippen LogP contribution in [0.1, 0.15) is 38.3 Å². The van der Waals surface area contributed by atoms with Crippen molar-refractivity contribution in [2.75, 3.05) is 0 Å². The maximum absolute atomic E-state index is 13.1. The highest BCUT2D eigenvalue weighted by molar-refractivity contribution is 6.35. The standard InChI is InChI=1S/C19H20Cl2N4O2/c1-19(2)6-12-14(13(26)7-19)15(10-4-3-9(20)5-11(10)21)25-17-16(24-12)18(27)23-8-22-17/h3-5,8,15-17,24-25H,6-7H2,1-2H3,(H,22,23,27). The maximum atomic E-state index is 13.1. The molecule has 2 aliphatic heterocycles. The number of hydrogen-bond donors (Lipinski definition) is 3. The van der Waals surface area contributed by atoms with E-state index < -0.39 is 18.2 Å². The smallest absolute Gasteiger partial charge is 0.251 e. The molecule has 0 bridgehead atoms. The minimum absolute atomic E-state index is 0.0419. The lowest BCUT2D eigenvalue weighted by Gasteiger charge is -2.34. The van der Waals surface area contributed by atoms with Crippen LogP contribution in [-0.4, -0.2) is 30.2 Å². The summed E-state index contributed by atoms with van der Waals surface area (Å²) in [6, 6.07) is 4.14. The van der Waals surface area contributed by atoms with Gasteiger partial charge < -0.3 is 10.6 Å². The predicted octanol–water partition coefficient (Wildman–Crippen LogP) is 2.72. The Hall–Kier alpha value is -1.89. The normalized spacial score (nSPS) is 29.4. The summed E-state index contributed by atoms with van der Waals surface area (Å²) in [5.74, 6) is -0.145. The molecular weight excluding hydrogens is 387 g/mol. The van der Waals surface area contributed by atoms with Crippen LogP contribution < -0.4 is 16.0 Å². The van der Waals surface area contributed by atoms with E-state index in [4.69, 9.17) is 23.2 Å². The van der Waals surface area contributed by atoms with Crippen LogP contribution in [0.3, 0.4) is 0 Å². The van der Waals surface area contributed by atoms with Gasteiger partial charge in [0.2, 0.25) is 0 Å². The van der Waals surface area contributed by atoms with Crippen LogP contribution in [0.15, 0.2) is 34.5 Å². The van der Waals surface area contributed by atoms with Gasteiger partial charge in [-0.05, 0) is 29.5 Å². The fraction of sp³-hybridized carbons (Fsp3) is 0.421. The second-order valence-electron chi connectivity index (χ2n) is 7.95. The van der Waals surface area contributed by atoms with Gasteiger partial charge in [-0.2, -0.15) is 0 Å². The van der Waals surface area contributed by atoms with Crippen molar-refractivity contribution < 1.29 is 9.59 Å². The van der Waals surface area contributed by atoms with Gasteiger partial charge in [0.05, 0.1) is 12.4 Å². The predicted molar refractivity (Wildman–Crippen MR) is 105 cm³/mol. The quantitative estimate of drug-likeness (QED) is 0.669. The lowest BCUT2D eigenvalue weighted by atomic mass is 9.73. The van der Waals surface area contributed by atoms with Gasteiger partial charge in [0.1, 0.15) is 12.2 Å². The molecule has 3 atom stereocenters. The summed E-state index contributed by atoms with van der Waals surface area (Å²) in [6.07, 6.45) is 1.96. The minimum atomic E-state index is -0.599. The Kier molecular flexibility index (Phi) is 4.53. The molecule has 3 N–H and O–H groups in total. The fourth-order valence-corrected chi connectivity index (χ4v) is 4.52. The molecule has 0 saturated carbocycles. The first-order valence-electron chi connectivity index (χ1n) is 8.81. The highest BCUT2D eigenvalue weighted by Gasteiger charge is 2.44. The molecule has 0 fully saturated rings. The minimum Gasteiger partial charge on any atom is -0.374 e. The first-order chi connectivity index (χ1) is 12.7. The first-order valence-corrected chi connectivity index (χ1v) is 9.56. The van der Waals surface area contributed by atoms with Crippen molar-refractivity contribution in [3.05, 3.63) is 45.1 Å². The van der Waals surface area contributed by atoms with Gasteiger partial charge in [-0.25, -0.2) is 0 Å². The zero-order valence-electron chi connectivity index (χ0n) is 15.0. The fourth-order valence-electron chi connectivity index (χ4n) is 4.01. The Bertz CT molecular complexity index is 894. The van der Waals surface area contributed by atoms with Gasteiger partial charge >= 0.3 is 0 Å². The molecular formula is C19H20Cl2N4O2. The molecule has 27 heavy (non-hydrogen) atoms. The van der Waals surface area contributed by atoms with E-state index in [2.05, 4.69) is 34.8 Å². The number of carbonyl (C=O) groups is 2. The molecule has 2 heterocycles. The Balaban J connectivity index is 1.87.